The number of carbonyl (C=O) groups excluding carboxylic acids is 1. The summed E-state index contributed by atoms with van der Waals surface area (Å²) in [6, 6.07) is 10.2. The first-order valence-corrected chi connectivity index (χ1v) is 7.56. The summed E-state index contributed by atoms with van der Waals surface area (Å²) in [6.45, 7) is 0. The van der Waals surface area contributed by atoms with Gasteiger partial charge in [-0.25, -0.2) is 9.07 Å². The number of aromatic nitrogens is 2. The van der Waals surface area contributed by atoms with Crippen LogP contribution in [0.2, 0.25) is 0 Å². The van der Waals surface area contributed by atoms with Crippen LogP contribution < -0.4 is 10.6 Å². The molecule has 1 amide bonds. The number of amides is 1. The van der Waals surface area contributed by atoms with Crippen molar-refractivity contribution in [3.05, 3.63) is 76.4 Å². The minimum atomic E-state index is -0.587. The lowest BCUT2D eigenvalue weighted by molar-refractivity contribution is -0.383. The van der Waals surface area contributed by atoms with Gasteiger partial charge in [0.05, 0.1) is 23.0 Å². The minimum absolute atomic E-state index is 0.173. The number of benzene rings is 2. The Morgan fingerprint density at radius 1 is 1.27 bits per heavy atom. The van der Waals surface area contributed by atoms with Gasteiger partial charge in [0.25, 0.3) is 11.6 Å². The molecule has 2 N–H and O–H groups in total. The van der Waals surface area contributed by atoms with E-state index in [1.54, 1.807) is 18.2 Å². The van der Waals surface area contributed by atoms with E-state index in [9.17, 15) is 19.3 Å². The highest BCUT2D eigenvalue weighted by atomic mass is 19.1. The lowest BCUT2D eigenvalue weighted by Crippen LogP contribution is -2.17. The molecule has 0 bridgehead atoms. The summed E-state index contributed by atoms with van der Waals surface area (Å²) in [5.74, 6) is -0.866. The fourth-order valence-electron chi connectivity index (χ4n) is 2.39. The van der Waals surface area contributed by atoms with E-state index >= 15 is 0 Å². The standard InChI is InChI=1S/C17H14FN5O3/c1-19-17(24)11-6-7-14(16(8-11)23(25)26)21-12-9-20-22(10-12)15-5-3-2-4-13(15)18/h2-10,21H,1H3,(H,19,24). The van der Waals surface area contributed by atoms with E-state index in [1.807, 2.05) is 0 Å². The van der Waals surface area contributed by atoms with Crippen molar-refractivity contribution in [3.8, 4) is 5.69 Å². The van der Waals surface area contributed by atoms with E-state index in [4.69, 9.17) is 0 Å². The van der Waals surface area contributed by atoms with Crippen LogP contribution in [0.15, 0.2) is 54.9 Å². The second-order valence-corrected chi connectivity index (χ2v) is 5.32. The van der Waals surface area contributed by atoms with Crippen molar-refractivity contribution in [2.45, 2.75) is 0 Å². The summed E-state index contributed by atoms with van der Waals surface area (Å²) in [4.78, 5) is 22.4. The van der Waals surface area contributed by atoms with Crippen LogP contribution in [0.1, 0.15) is 10.4 Å². The number of para-hydroxylation sites is 1. The molecule has 0 saturated carbocycles. The van der Waals surface area contributed by atoms with Crippen molar-refractivity contribution < 1.29 is 14.1 Å². The van der Waals surface area contributed by atoms with Crippen molar-refractivity contribution in [2.24, 2.45) is 0 Å². The zero-order chi connectivity index (χ0) is 18.7. The number of hydrogen-bond donors (Lipinski definition) is 2. The van der Waals surface area contributed by atoms with Crippen LogP contribution in [0.4, 0.5) is 21.5 Å². The number of halogens is 1. The van der Waals surface area contributed by atoms with Crippen LogP contribution in [0.25, 0.3) is 5.69 Å². The number of hydrogen-bond acceptors (Lipinski definition) is 5. The average Bonchev–Trinajstić information content (AvgIpc) is 3.09. The molecular formula is C17H14FN5O3. The highest BCUT2D eigenvalue weighted by Crippen LogP contribution is 2.29. The lowest BCUT2D eigenvalue weighted by atomic mass is 10.1. The molecular weight excluding hydrogens is 341 g/mol. The van der Waals surface area contributed by atoms with Crippen LogP contribution in [-0.2, 0) is 0 Å². The molecule has 1 heterocycles. The zero-order valence-electron chi connectivity index (χ0n) is 13.6. The summed E-state index contributed by atoms with van der Waals surface area (Å²) in [7, 11) is 1.44. The highest BCUT2D eigenvalue weighted by Gasteiger charge is 2.18. The number of carbonyl (C=O) groups is 1. The third-order valence-electron chi connectivity index (χ3n) is 3.64. The topological polar surface area (TPSA) is 102 Å². The Bertz CT molecular complexity index is 986. The van der Waals surface area contributed by atoms with Gasteiger partial charge in [-0.05, 0) is 24.3 Å². The van der Waals surface area contributed by atoms with Crippen LogP contribution in [0.3, 0.4) is 0 Å². The Morgan fingerprint density at radius 2 is 2.04 bits per heavy atom. The first-order valence-electron chi connectivity index (χ1n) is 7.56. The van der Waals surface area contributed by atoms with Crippen molar-refractivity contribution >= 4 is 23.0 Å². The van der Waals surface area contributed by atoms with Gasteiger partial charge < -0.3 is 10.6 Å². The summed E-state index contributed by atoms with van der Waals surface area (Å²) < 4.78 is 15.1. The van der Waals surface area contributed by atoms with Gasteiger partial charge in [0.1, 0.15) is 17.2 Å². The SMILES string of the molecule is CNC(=O)c1ccc(Nc2cnn(-c3ccccc3F)c2)c([N+](=O)[O-])c1. The molecule has 0 unspecified atom stereocenters. The van der Waals surface area contributed by atoms with Crippen molar-refractivity contribution in [1.82, 2.24) is 15.1 Å². The second kappa shape index (κ2) is 7.01. The van der Waals surface area contributed by atoms with Gasteiger partial charge in [0, 0.05) is 18.7 Å². The molecule has 0 saturated heterocycles. The molecule has 0 aliphatic rings. The Labute approximate surface area is 147 Å². The van der Waals surface area contributed by atoms with E-state index in [0.29, 0.717) is 5.69 Å². The Hall–Kier alpha value is -3.75. The van der Waals surface area contributed by atoms with Gasteiger partial charge >= 0.3 is 0 Å². The maximum absolute atomic E-state index is 13.8. The van der Waals surface area contributed by atoms with E-state index in [2.05, 4.69) is 15.7 Å². The monoisotopic (exact) mass is 355 g/mol. The summed E-state index contributed by atoms with van der Waals surface area (Å²) in [6.07, 6.45) is 2.93. The predicted molar refractivity (Wildman–Crippen MR) is 93.3 cm³/mol. The zero-order valence-corrected chi connectivity index (χ0v) is 13.6. The molecule has 3 rings (SSSR count). The molecule has 26 heavy (non-hydrogen) atoms. The van der Waals surface area contributed by atoms with Crippen LogP contribution in [-0.4, -0.2) is 27.7 Å². The number of rotatable bonds is 5. The highest BCUT2D eigenvalue weighted by molar-refractivity contribution is 5.95. The number of anilines is 2. The summed E-state index contributed by atoms with van der Waals surface area (Å²) in [5, 5.41) is 20.6. The Kier molecular flexibility index (Phi) is 4.61. The molecule has 8 nitrogen and oxygen atoms in total. The molecule has 1 aromatic heterocycles. The number of nitrogens with one attached hydrogen (secondary N) is 2. The number of nitro benzene ring substituents is 1. The first kappa shape index (κ1) is 17.1. The third-order valence-corrected chi connectivity index (χ3v) is 3.64. The van der Waals surface area contributed by atoms with E-state index in [1.165, 1.54) is 48.4 Å². The summed E-state index contributed by atoms with van der Waals surface area (Å²) >= 11 is 0. The maximum Gasteiger partial charge on any atom is 0.293 e. The van der Waals surface area contributed by atoms with E-state index in [0.717, 1.165) is 0 Å². The predicted octanol–water partition coefficient (Wildman–Crippen LogP) is 3.02. The molecule has 0 aliphatic carbocycles. The maximum atomic E-state index is 13.8. The Balaban J connectivity index is 1.91. The normalized spacial score (nSPS) is 10.4. The van der Waals surface area contributed by atoms with Gasteiger partial charge in [0.2, 0.25) is 0 Å². The van der Waals surface area contributed by atoms with Gasteiger partial charge in [-0.3, -0.25) is 14.9 Å². The molecule has 3 aromatic rings. The lowest BCUT2D eigenvalue weighted by Gasteiger charge is -2.07. The first-order chi connectivity index (χ1) is 12.5. The van der Waals surface area contributed by atoms with Crippen molar-refractivity contribution in [3.63, 3.8) is 0 Å². The molecule has 0 spiro atoms. The van der Waals surface area contributed by atoms with Gasteiger partial charge in [0.15, 0.2) is 0 Å². The average molecular weight is 355 g/mol. The van der Waals surface area contributed by atoms with Gasteiger partial charge in [-0.15, -0.1) is 0 Å². The molecule has 2 aromatic carbocycles. The van der Waals surface area contributed by atoms with Gasteiger partial charge in [-0.1, -0.05) is 12.1 Å². The fraction of sp³-hybridized carbons (Fsp3) is 0.0588. The molecule has 0 aliphatic heterocycles. The van der Waals surface area contributed by atoms with Crippen LogP contribution >= 0.6 is 0 Å². The summed E-state index contributed by atoms with van der Waals surface area (Å²) in [5.41, 5.74) is 0.793. The van der Waals surface area contributed by atoms with Crippen LogP contribution in [0, 0.1) is 15.9 Å². The number of nitro groups is 1. The third kappa shape index (κ3) is 3.36. The van der Waals surface area contributed by atoms with E-state index < -0.39 is 16.6 Å². The van der Waals surface area contributed by atoms with Crippen LogP contribution in [0.5, 0.6) is 0 Å². The molecule has 0 atom stereocenters. The largest absolute Gasteiger partial charge is 0.355 e. The molecule has 132 valence electrons. The van der Waals surface area contributed by atoms with E-state index in [-0.39, 0.29) is 22.6 Å². The molecule has 0 radical (unpaired) electrons. The molecule has 9 heteroatoms. The van der Waals surface area contributed by atoms with Gasteiger partial charge in [-0.2, -0.15) is 5.10 Å². The van der Waals surface area contributed by atoms with Crippen molar-refractivity contribution in [1.29, 1.82) is 0 Å². The quantitative estimate of drug-likeness (QED) is 0.541. The second-order valence-electron chi connectivity index (χ2n) is 5.32. The van der Waals surface area contributed by atoms with Crippen molar-refractivity contribution in [2.75, 3.05) is 12.4 Å². The number of nitrogens with zero attached hydrogens (tertiary/aromatic N) is 3. The fourth-order valence-corrected chi connectivity index (χ4v) is 2.39. The Morgan fingerprint density at radius 3 is 2.73 bits per heavy atom. The smallest absolute Gasteiger partial charge is 0.293 e. The molecule has 0 fully saturated rings. The minimum Gasteiger partial charge on any atom is -0.355 e.